The standard InChI is InChI=1S/C12H24N2O3/c1-10(13-2)12(15)14-6-4-7-16-9-11-5-3-8-17-11/h10-11,13H,3-9H2,1-2H3,(H,14,15). The molecule has 0 aliphatic carbocycles. The van der Waals surface area contributed by atoms with Crippen molar-refractivity contribution in [2.24, 2.45) is 0 Å². The van der Waals surface area contributed by atoms with Crippen LogP contribution in [0.3, 0.4) is 0 Å². The third-order valence-electron chi connectivity index (χ3n) is 2.92. The van der Waals surface area contributed by atoms with E-state index < -0.39 is 0 Å². The van der Waals surface area contributed by atoms with Crippen LogP contribution < -0.4 is 10.6 Å². The monoisotopic (exact) mass is 244 g/mol. The summed E-state index contributed by atoms with van der Waals surface area (Å²) >= 11 is 0. The molecule has 1 amide bonds. The number of hydrogen-bond acceptors (Lipinski definition) is 4. The summed E-state index contributed by atoms with van der Waals surface area (Å²) in [5.74, 6) is 0.0339. The van der Waals surface area contributed by atoms with E-state index in [-0.39, 0.29) is 18.1 Å². The molecule has 1 heterocycles. The van der Waals surface area contributed by atoms with Gasteiger partial charge < -0.3 is 20.1 Å². The van der Waals surface area contributed by atoms with Crippen LogP contribution in [-0.2, 0) is 14.3 Å². The molecular weight excluding hydrogens is 220 g/mol. The van der Waals surface area contributed by atoms with Gasteiger partial charge in [-0.25, -0.2) is 0 Å². The lowest BCUT2D eigenvalue weighted by Crippen LogP contribution is -2.40. The molecule has 0 saturated carbocycles. The Balaban J connectivity index is 1.88. The van der Waals surface area contributed by atoms with E-state index in [1.807, 2.05) is 6.92 Å². The van der Waals surface area contributed by atoms with E-state index in [2.05, 4.69) is 10.6 Å². The van der Waals surface area contributed by atoms with Crippen molar-refractivity contribution in [3.8, 4) is 0 Å². The SMILES string of the molecule is CNC(C)C(=O)NCCCOCC1CCCO1. The first kappa shape index (κ1) is 14.4. The first-order valence-electron chi connectivity index (χ1n) is 6.38. The molecule has 0 radical (unpaired) electrons. The molecule has 0 aromatic rings. The van der Waals surface area contributed by atoms with Gasteiger partial charge in [0.2, 0.25) is 5.91 Å². The second-order valence-electron chi connectivity index (χ2n) is 4.36. The van der Waals surface area contributed by atoms with Gasteiger partial charge in [-0.1, -0.05) is 0 Å². The van der Waals surface area contributed by atoms with Gasteiger partial charge >= 0.3 is 0 Å². The van der Waals surface area contributed by atoms with Gasteiger partial charge in [0.25, 0.3) is 0 Å². The Morgan fingerprint density at radius 3 is 3.06 bits per heavy atom. The minimum absolute atomic E-state index is 0.0339. The molecule has 0 bridgehead atoms. The molecule has 0 spiro atoms. The van der Waals surface area contributed by atoms with Crippen molar-refractivity contribution in [3.05, 3.63) is 0 Å². The molecule has 0 aromatic heterocycles. The molecule has 1 saturated heterocycles. The molecule has 2 N–H and O–H groups in total. The maximum absolute atomic E-state index is 11.4. The van der Waals surface area contributed by atoms with E-state index in [9.17, 15) is 4.79 Å². The van der Waals surface area contributed by atoms with Gasteiger partial charge in [0.1, 0.15) is 0 Å². The van der Waals surface area contributed by atoms with Gasteiger partial charge in [-0.3, -0.25) is 4.79 Å². The fourth-order valence-corrected chi connectivity index (χ4v) is 1.66. The predicted molar refractivity (Wildman–Crippen MR) is 65.9 cm³/mol. The van der Waals surface area contributed by atoms with Crippen molar-refractivity contribution in [2.45, 2.75) is 38.3 Å². The molecule has 1 rings (SSSR count). The van der Waals surface area contributed by atoms with Crippen LogP contribution in [0, 0.1) is 0 Å². The number of nitrogens with one attached hydrogen (secondary N) is 2. The number of rotatable bonds is 8. The second-order valence-corrected chi connectivity index (χ2v) is 4.36. The van der Waals surface area contributed by atoms with Gasteiger partial charge in [0.15, 0.2) is 0 Å². The Hall–Kier alpha value is -0.650. The molecule has 2 atom stereocenters. The van der Waals surface area contributed by atoms with E-state index in [0.29, 0.717) is 19.8 Å². The minimum Gasteiger partial charge on any atom is -0.379 e. The molecule has 1 fully saturated rings. The zero-order valence-corrected chi connectivity index (χ0v) is 10.8. The summed E-state index contributed by atoms with van der Waals surface area (Å²) in [6.45, 7) is 4.72. The van der Waals surface area contributed by atoms with Crippen molar-refractivity contribution in [3.63, 3.8) is 0 Å². The third-order valence-corrected chi connectivity index (χ3v) is 2.92. The molecule has 17 heavy (non-hydrogen) atoms. The Kier molecular flexibility index (Phi) is 7.16. The maximum Gasteiger partial charge on any atom is 0.236 e. The first-order valence-corrected chi connectivity index (χ1v) is 6.38. The number of ether oxygens (including phenoxy) is 2. The number of amides is 1. The number of carbonyl (C=O) groups excluding carboxylic acids is 1. The zero-order chi connectivity index (χ0) is 12.5. The third kappa shape index (κ3) is 6.00. The Bertz CT molecular complexity index is 218. The van der Waals surface area contributed by atoms with Crippen LogP contribution in [0.5, 0.6) is 0 Å². The largest absolute Gasteiger partial charge is 0.379 e. The van der Waals surface area contributed by atoms with Crippen molar-refractivity contribution in [1.29, 1.82) is 0 Å². The summed E-state index contributed by atoms with van der Waals surface area (Å²) < 4.78 is 10.9. The lowest BCUT2D eigenvalue weighted by atomic mass is 10.2. The van der Waals surface area contributed by atoms with Crippen LogP contribution in [0.25, 0.3) is 0 Å². The summed E-state index contributed by atoms with van der Waals surface area (Å²) in [4.78, 5) is 11.4. The maximum atomic E-state index is 11.4. The molecule has 1 aliphatic heterocycles. The summed E-state index contributed by atoms with van der Waals surface area (Å²) in [6, 6.07) is -0.136. The lowest BCUT2D eigenvalue weighted by molar-refractivity contribution is -0.122. The number of likely N-dealkylation sites (N-methyl/N-ethyl adjacent to an activating group) is 1. The van der Waals surface area contributed by atoms with Gasteiger partial charge in [0, 0.05) is 19.8 Å². The van der Waals surface area contributed by atoms with Crippen molar-refractivity contribution in [2.75, 3.05) is 33.4 Å². The van der Waals surface area contributed by atoms with Gasteiger partial charge in [-0.15, -0.1) is 0 Å². The van der Waals surface area contributed by atoms with Crippen molar-refractivity contribution < 1.29 is 14.3 Å². The normalized spacial score (nSPS) is 21.4. The van der Waals surface area contributed by atoms with Crippen LogP contribution in [0.4, 0.5) is 0 Å². The van der Waals surface area contributed by atoms with Crippen LogP contribution in [0.1, 0.15) is 26.2 Å². The molecule has 100 valence electrons. The summed E-state index contributed by atoms with van der Waals surface area (Å²) in [5, 5.41) is 5.74. The van der Waals surface area contributed by atoms with Gasteiger partial charge in [0.05, 0.1) is 18.8 Å². The van der Waals surface area contributed by atoms with Crippen LogP contribution in [0.15, 0.2) is 0 Å². The molecular formula is C12H24N2O3. The van der Waals surface area contributed by atoms with E-state index in [1.54, 1.807) is 7.05 Å². The summed E-state index contributed by atoms with van der Waals surface area (Å²) in [5.41, 5.74) is 0. The molecule has 5 heteroatoms. The summed E-state index contributed by atoms with van der Waals surface area (Å²) in [7, 11) is 1.77. The van der Waals surface area contributed by atoms with E-state index in [0.717, 1.165) is 25.9 Å². The highest BCUT2D eigenvalue weighted by Gasteiger charge is 2.15. The second kappa shape index (κ2) is 8.44. The van der Waals surface area contributed by atoms with Crippen molar-refractivity contribution in [1.82, 2.24) is 10.6 Å². The molecule has 0 aromatic carbocycles. The Labute approximate surface area is 103 Å². The van der Waals surface area contributed by atoms with Gasteiger partial charge in [-0.2, -0.15) is 0 Å². The molecule has 1 aliphatic rings. The van der Waals surface area contributed by atoms with E-state index in [1.165, 1.54) is 0 Å². The fraction of sp³-hybridized carbons (Fsp3) is 0.917. The van der Waals surface area contributed by atoms with E-state index in [4.69, 9.17) is 9.47 Å². The average Bonchev–Trinajstić information content (AvgIpc) is 2.85. The van der Waals surface area contributed by atoms with Crippen LogP contribution >= 0.6 is 0 Å². The average molecular weight is 244 g/mol. The zero-order valence-electron chi connectivity index (χ0n) is 10.8. The van der Waals surface area contributed by atoms with Crippen LogP contribution in [-0.4, -0.2) is 51.5 Å². The smallest absolute Gasteiger partial charge is 0.236 e. The topological polar surface area (TPSA) is 59.6 Å². The lowest BCUT2D eigenvalue weighted by Gasteiger charge is -2.12. The van der Waals surface area contributed by atoms with Gasteiger partial charge in [-0.05, 0) is 33.2 Å². The first-order chi connectivity index (χ1) is 8.24. The fourth-order valence-electron chi connectivity index (χ4n) is 1.66. The molecule has 2 unspecified atom stereocenters. The Morgan fingerprint density at radius 2 is 2.41 bits per heavy atom. The highest BCUT2D eigenvalue weighted by atomic mass is 16.5. The van der Waals surface area contributed by atoms with Crippen LogP contribution in [0.2, 0.25) is 0 Å². The predicted octanol–water partition coefficient (Wildman–Crippen LogP) is 0.296. The minimum atomic E-state index is -0.136. The van der Waals surface area contributed by atoms with Crippen molar-refractivity contribution >= 4 is 5.91 Å². The summed E-state index contributed by atoms with van der Waals surface area (Å²) in [6.07, 6.45) is 3.38. The quantitative estimate of drug-likeness (QED) is 0.603. The number of hydrogen-bond donors (Lipinski definition) is 2. The highest BCUT2D eigenvalue weighted by molar-refractivity contribution is 5.81. The molecule has 5 nitrogen and oxygen atoms in total. The Morgan fingerprint density at radius 1 is 1.59 bits per heavy atom. The van der Waals surface area contributed by atoms with E-state index >= 15 is 0 Å². The highest BCUT2D eigenvalue weighted by Crippen LogP contribution is 2.11. The number of carbonyl (C=O) groups is 1.